The molecule has 1 amide bonds. The van der Waals surface area contributed by atoms with Crippen LogP contribution in [0.15, 0.2) is 0 Å². The molecule has 1 aromatic heterocycles. The van der Waals surface area contributed by atoms with Gasteiger partial charge in [-0.2, -0.15) is 5.10 Å². The number of amides is 1. The summed E-state index contributed by atoms with van der Waals surface area (Å²) in [4.78, 5) is 17.6. The Bertz CT molecular complexity index is 585. The van der Waals surface area contributed by atoms with Crippen LogP contribution in [0, 0.1) is 6.92 Å². The van der Waals surface area contributed by atoms with Gasteiger partial charge >= 0.3 is 0 Å². The molecule has 1 aromatic rings. The molecule has 0 radical (unpaired) electrons. The predicted octanol–water partition coefficient (Wildman–Crippen LogP) is 2.92. The first-order valence-electron chi connectivity index (χ1n) is 8.78. The van der Waals surface area contributed by atoms with E-state index in [1.807, 2.05) is 14.0 Å². The van der Waals surface area contributed by atoms with Crippen LogP contribution in [-0.2, 0) is 11.8 Å². The van der Waals surface area contributed by atoms with E-state index in [1.54, 1.807) is 4.68 Å². The fraction of sp³-hybridized carbons (Fsp3) is 0.765. The molecule has 2 saturated heterocycles. The summed E-state index contributed by atoms with van der Waals surface area (Å²) < 4.78 is 1.71. The topological polar surface area (TPSA) is 41.4 Å². The second-order valence-electron chi connectivity index (χ2n) is 6.74. The van der Waals surface area contributed by atoms with E-state index in [0.29, 0.717) is 5.15 Å². The summed E-state index contributed by atoms with van der Waals surface area (Å²) in [6, 6.07) is 0.134. The molecule has 2 atom stereocenters. The Labute approximate surface area is 143 Å². The minimum atomic E-state index is 0.0464. The molecular formula is C17H27ClN4O. The van der Waals surface area contributed by atoms with Crippen LogP contribution in [0.25, 0.3) is 0 Å². The molecule has 3 rings (SSSR count). The summed E-state index contributed by atoms with van der Waals surface area (Å²) in [6.45, 7) is 6.96. The third-order valence-corrected chi connectivity index (χ3v) is 5.82. The summed E-state index contributed by atoms with van der Waals surface area (Å²) in [6.07, 6.45) is 5.36. The minimum absolute atomic E-state index is 0.0464. The lowest BCUT2D eigenvalue weighted by Crippen LogP contribution is -2.50. The molecule has 2 aliphatic heterocycles. The van der Waals surface area contributed by atoms with E-state index in [1.165, 1.54) is 6.42 Å². The van der Waals surface area contributed by atoms with E-state index >= 15 is 0 Å². The number of aryl methyl sites for hydroxylation is 2. The van der Waals surface area contributed by atoms with Crippen LogP contribution < -0.4 is 0 Å². The molecule has 3 heterocycles. The zero-order chi connectivity index (χ0) is 16.6. The smallest absolute Gasteiger partial charge is 0.240 e. The standard InChI is InChI=1S/C17H27ClN4O/c1-4-21-10-6-5-8-14(21)17(23)22-11-7-9-13(22)15-12(2)19-20(3)16(15)18/h13-14H,4-11H2,1-3H3/t13-,14+/m0/s1. The summed E-state index contributed by atoms with van der Waals surface area (Å²) in [5, 5.41) is 5.10. The van der Waals surface area contributed by atoms with Gasteiger partial charge in [-0.3, -0.25) is 14.4 Å². The predicted molar refractivity (Wildman–Crippen MR) is 91.5 cm³/mol. The average molecular weight is 339 g/mol. The van der Waals surface area contributed by atoms with Crippen LogP contribution >= 0.6 is 11.6 Å². The summed E-state index contributed by atoms with van der Waals surface area (Å²) in [5.74, 6) is 0.286. The molecule has 0 spiro atoms. The van der Waals surface area contributed by atoms with Gasteiger partial charge in [0.1, 0.15) is 5.15 Å². The van der Waals surface area contributed by atoms with E-state index in [-0.39, 0.29) is 18.0 Å². The van der Waals surface area contributed by atoms with Crippen molar-refractivity contribution in [3.05, 3.63) is 16.4 Å². The maximum Gasteiger partial charge on any atom is 0.240 e. The largest absolute Gasteiger partial charge is 0.334 e. The van der Waals surface area contributed by atoms with E-state index in [9.17, 15) is 4.79 Å². The van der Waals surface area contributed by atoms with E-state index in [4.69, 9.17) is 11.6 Å². The number of hydrogen-bond acceptors (Lipinski definition) is 3. The molecule has 128 valence electrons. The number of piperidine rings is 1. The number of carbonyl (C=O) groups excluding carboxylic acids is 1. The van der Waals surface area contributed by atoms with Crippen molar-refractivity contribution in [3.63, 3.8) is 0 Å². The molecule has 2 fully saturated rings. The van der Waals surface area contributed by atoms with Crippen molar-refractivity contribution in [3.8, 4) is 0 Å². The highest BCUT2D eigenvalue weighted by atomic mass is 35.5. The second-order valence-corrected chi connectivity index (χ2v) is 7.10. The van der Waals surface area contributed by atoms with Crippen LogP contribution in [-0.4, -0.2) is 51.2 Å². The minimum Gasteiger partial charge on any atom is -0.334 e. The van der Waals surface area contributed by atoms with Crippen molar-refractivity contribution in [2.75, 3.05) is 19.6 Å². The number of aromatic nitrogens is 2. The Morgan fingerprint density at radius 3 is 2.70 bits per heavy atom. The Hall–Kier alpha value is -1.07. The highest BCUT2D eigenvalue weighted by molar-refractivity contribution is 6.30. The third kappa shape index (κ3) is 3.01. The quantitative estimate of drug-likeness (QED) is 0.851. The molecule has 0 bridgehead atoms. The molecule has 6 heteroatoms. The Morgan fingerprint density at radius 2 is 2.04 bits per heavy atom. The molecule has 0 unspecified atom stereocenters. The van der Waals surface area contributed by atoms with E-state index in [0.717, 1.165) is 56.6 Å². The maximum absolute atomic E-state index is 13.2. The number of hydrogen-bond donors (Lipinski definition) is 0. The average Bonchev–Trinajstić information content (AvgIpc) is 3.11. The molecule has 23 heavy (non-hydrogen) atoms. The van der Waals surface area contributed by atoms with Crippen molar-refractivity contribution in [2.45, 2.75) is 58.0 Å². The van der Waals surface area contributed by atoms with Gasteiger partial charge in [-0.25, -0.2) is 0 Å². The first kappa shape index (κ1) is 16.8. The van der Waals surface area contributed by atoms with Crippen LogP contribution in [0.4, 0.5) is 0 Å². The fourth-order valence-corrected chi connectivity index (χ4v) is 4.50. The molecular weight excluding hydrogens is 312 g/mol. The van der Waals surface area contributed by atoms with E-state index in [2.05, 4.69) is 21.8 Å². The molecule has 0 N–H and O–H groups in total. The number of carbonyl (C=O) groups is 1. The molecule has 5 nitrogen and oxygen atoms in total. The van der Waals surface area contributed by atoms with Gasteiger partial charge in [0.05, 0.1) is 17.8 Å². The second kappa shape index (κ2) is 6.81. The Kier molecular flexibility index (Phi) is 4.97. The highest BCUT2D eigenvalue weighted by Crippen LogP contribution is 2.38. The first-order chi connectivity index (χ1) is 11.0. The van der Waals surface area contributed by atoms with Crippen molar-refractivity contribution in [1.29, 1.82) is 0 Å². The fourth-order valence-electron chi connectivity index (χ4n) is 4.20. The molecule has 0 aliphatic carbocycles. The van der Waals surface area contributed by atoms with Gasteiger partial charge in [0.15, 0.2) is 0 Å². The van der Waals surface area contributed by atoms with Crippen LogP contribution in [0.1, 0.15) is 56.3 Å². The highest BCUT2D eigenvalue weighted by Gasteiger charge is 2.39. The molecule has 0 aromatic carbocycles. The number of likely N-dealkylation sites (tertiary alicyclic amines) is 2. The monoisotopic (exact) mass is 338 g/mol. The first-order valence-corrected chi connectivity index (χ1v) is 9.16. The molecule has 2 aliphatic rings. The number of likely N-dealkylation sites (N-methyl/N-ethyl adjacent to an activating group) is 1. The lowest BCUT2D eigenvalue weighted by atomic mass is 9.99. The summed E-state index contributed by atoms with van der Waals surface area (Å²) in [5.41, 5.74) is 1.98. The van der Waals surface area contributed by atoms with Crippen molar-refractivity contribution >= 4 is 17.5 Å². The zero-order valence-corrected chi connectivity index (χ0v) is 15.1. The van der Waals surface area contributed by atoms with Gasteiger partial charge in [-0.15, -0.1) is 0 Å². The van der Waals surface area contributed by atoms with Gasteiger partial charge < -0.3 is 4.90 Å². The van der Waals surface area contributed by atoms with Crippen LogP contribution in [0.5, 0.6) is 0 Å². The van der Waals surface area contributed by atoms with Gasteiger partial charge in [0.2, 0.25) is 5.91 Å². The van der Waals surface area contributed by atoms with Crippen molar-refractivity contribution < 1.29 is 4.79 Å². The van der Waals surface area contributed by atoms with Crippen molar-refractivity contribution in [1.82, 2.24) is 19.6 Å². The number of halogens is 1. The van der Waals surface area contributed by atoms with E-state index < -0.39 is 0 Å². The van der Waals surface area contributed by atoms with Gasteiger partial charge in [-0.1, -0.05) is 24.9 Å². The lowest BCUT2D eigenvalue weighted by molar-refractivity contribution is -0.139. The zero-order valence-electron chi connectivity index (χ0n) is 14.4. The SMILES string of the molecule is CCN1CCCC[C@@H]1C(=O)N1CCC[C@H]1c1c(C)nn(C)c1Cl. The number of rotatable bonds is 3. The van der Waals surface area contributed by atoms with Crippen LogP contribution in [0.3, 0.4) is 0 Å². The van der Waals surface area contributed by atoms with Gasteiger partial charge in [0.25, 0.3) is 0 Å². The van der Waals surface area contributed by atoms with Crippen LogP contribution in [0.2, 0.25) is 5.15 Å². The summed E-state index contributed by atoms with van der Waals surface area (Å²) in [7, 11) is 1.86. The van der Waals surface area contributed by atoms with Crippen molar-refractivity contribution in [2.24, 2.45) is 7.05 Å². The normalized spacial score (nSPS) is 26.0. The maximum atomic E-state index is 13.2. The Morgan fingerprint density at radius 1 is 1.26 bits per heavy atom. The Balaban J connectivity index is 1.85. The molecule has 0 saturated carbocycles. The number of nitrogens with zero attached hydrogens (tertiary/aromatic N) is 4. The third-order valence-electron chi connectivity index (χ3n) is 5.37. The van der Waals surface area contributed by atoms with Gasteiger partial charge in [0, 0.05) is 19.2 Å². The lowest BCUT2D eigenvalue weighted by Gasteiger charge is -2.37. The van der Waals surface area contributed by atoms with Gasteiger partial charge in [-0.05, 0) is 45.7 Å². The summed E-state index contributed by atoms with van der Waals surface area (Å²) >= 11 is 6.46.